The van der Waals surface area contributed by atoms with Crippen LogP contribution in [-0.4, -0.2) is 13.4 Å². The molecular weight excluding hydrogens is 820 g/mol. The summed E-state index contributed by atoms with van der Waals surface area (Å²) in [5, 5.41) is 5.24. The smallest absolute Gasteiger partial charge is 0.0721 e. The van der Waals surface area contributed by atoms with E-state index in [2.05, 4.69) is 186 Å². The number of hydrogen-bond donors (Lipinski definition) is 0. The normalized spacial score (nSPS) is 12.6. The Hall–Kier alpha value is -1.61. The Morgan fingerprint density at radius 3 is 1.18 bits per heavy atom. The monoisotopic (exact) mass is 836 g/mol. The first kappa shape index (κ1) is 25.4. The minimum absolute atomic E-state index is 0.109. The summed E-state index contributed by atoms with van der Waals surface area (Å²) >= 11 is 13.0. The zero-order valence-corrected chi connectivity index (χ0v) is 27.5. The van der Waals surface area contributed by atoms with Crippen molar-refractivity contribution in [1.82, 2.24) is 0 Å². The van der Waals surface area contributed by atoms with Gasteiger partial charge in [-0.15, -0.1) is 0 Å². The van der Waals surface area contributed by atoms with Gasteiger partial charge in [-0.3, -0.25) is 0 Å². The van der Waals surface area contributed by atoms with Gasteiger partial charge in [0.15, 0.2) is 0 Å². The van der Waals surface area contributed by atoms with E-state index in [1.54, 1.807) is 0 Å². The molecular formula is C32H18B2Br2I2. The quantitative estimate of drug-likeness (QED) is 0.147. The summed E-state index contributed by atoms with van der Waals surface area (Å²) in [5.41, 5.74) is 8.14. The fraction of sp³-hybridized carbons (Fsp3) is 0. The van der Waals surface area contributed by atoms with Crippen molar-refractivity contribution in [3.05, 3.63) is 125 Å². The predicted octanol–water partition coefficient (Wildman–Crippen LogP) is 6.07. The third-order valence-corrected chi connectivity index (χ3v) is 10.9. The average Bonchev–Trinajstić information content (AvgIpc) is 2.92. The van der Waals surface area contributed by atoms with Crippen LogP contribution in [0.3, 0.4) is 0 Å². The molecule has 0 atom stereocenters. The highest BCUT2D eigenvalue weighted by atomic mass is 127. The van der Waals surface area contributed by atoms with Crippen LogP contribution in [0.2, 0.25) is 0 Å². The molecule has 0 fully saturated rings. The van der Waals surface area contributed by atoms with Crippen LogP contribution >= 0.6 is 77.0 Å². The molecule has 0 saturated heterocycles. The largest absolute Gasteiger partial charge is 0.242 e. The Morgan fingerprint density at radius 1 is 0.421 bits per heavy atom. The minimum Gasteiger partial charge on any atom is -0.0721 e. The zero-order chi connectivity index (χ0) is 26.0. The number of fused-ring (bicyclic) bond motifs is 4. The molecule has 0 spiro atoms. The molecule has 0 bridgehead atoms. The van der Waals surface area contributed by atoms with Gasteiger partial charge in [0.25, 0.3) is 0 Å². The lowest BCUT2D eigenvalue weighted by Crippen LogP contribution is -2.75. The van der Waals surface area contributed by atoms with Gasteiger partial charge in [0.2, 0.25) is 13.4 Å². The van der Waals surface area contributed by atoms with Gasteiger partial charge in [-0.25, -0.2) is 0 Å². The van der Waals surface area contributed by atoms with E-state index in [0.29, 0.717) is 0 Å². The summed E-state index contributed by atoms with van der Waals surface area (Å²) < 4.78 is 4.89. The van der Waals surface area contributed by atoms with Gasteiger partial charge in [-0.05, 0) is 91.0 Å². The minimum atomic E-state index is 0.109. The van der Waals surface area contributed by atoms with Crippen LogP contribution in [0.5, 0.6) is 0 Å². The van der Waals surface area contributed by atoms with Crippen molar-refractivity contribution in [1.29, 1.82) is 0 Å². The standard InChI is InChI=1S/C32H18B2Br2I2/c35-25-15-6-14-24-31(25)33(21-11-1-7-19-9-3-17-27(37)29(19)21)23-13-5-16-26(36)32(23)34(24)22-12-2-8-20-10-4-18-28(38)30(20)22/h1-18H. The van der Waals surface area contributed by atoms with Crippen LogP contribution in [-0.2, 0) is 0 Å². The molecule has 1 heterocycles. The highest BCUT2D eigenvalue weighted by Crippen LogP contribution is 2.23. The van der Waals surface area contributed by atoms with Gasteiger partial charge < -0.3 is 0 Å². The fourth-order valence-electron chi connectivity index (χ4n) is 6.30. The topological polar surface area (TPSA) is 0 Å². The Labute approximate surface area is 267 Å². The van der Waals surface area contributed by atoms with Gasteiger partial charge in [-0.1, -0.05) is 150 Å². The molecule has 0 nitrogen and oxygen atoms in total. The molecule has 0 aliphatic carbocycles. The molecule has 1 aliphatic rings. The molecule has 180 valence electrons. The lowest BCUT2D eigenvalue weighted by atomic mass is 9.20. The Balaban J connectivity index is 1.62. The van der Waals surface area contributed by atoms with Gasteiger partial charge in [-0.2, -0.15) is 0 Å². The van der Waals surface area contributed by atoms with E-state index in [4.69, 9.17) is 0 Å². The molecule has 0 N–H and O–H groups in total. The van der Waals surface area contributed by atoms with Crippen LogP contribution in [0.1, 0.15) is 0 Å². The van der Waals surface area contributed by atoms with Gasteiger partial charge >= 0.3 is 0 Å². The van der Waals surface area contributed by atoms with Crippen molar-refractivity contribution in [3.63, 3.8) is 0 Å². The van der Waals surface area contributed by atoms with Crippen LogP contribution in [0.25, 0.3) is 21.5 Å². The fourth-order valence-corrected chi connectivity index (χ4v) is 9.19. The first-order valence-corrected chi connectivity index (χ1v) is 16.2. The van der Waals surface area contributed by atoms with Crippen molar-refractivity contribution in [3.8, 4) is 0 Å². The van der Waals surface area contributed by atoms with Gasteiger partial charge in [0.1, 0.15) is 0 Å². The number of halogens is 4. The zero-order valence-electron chi connectivity index (χ0n) is 20.1. The van der Waals surface area contributed by atoms with E-state index >= 15 is 0 Å². The molecule has 6 aromatic rings. The molecule has 38 heavy (non-hydrogen) atoms. The Kier molecular flexibility index (Phi) is 6.74. The molecule has 0 unspecified atom stereocenters. The third kappa shape index (κ3) is 3.96. The van der Waals surface area contributed by atoms with Crippen LogP contribution in [0.4, 0.5) is 0 Å². The van der Waals surface area contributed by atoms with Crippen LogP contribution in [0, 0.1) is 7.14 Å². The molecule has 6 aromatic carbocycles. The summed E-state index contributed by atoms with van der Waals surface area (Å²) in [6.07, 6.45) is 0. The maximum atomic E-state index is 4.02. The van der Waals surface area contributed by atoms with E-state index in [-0.39, 0.29) is 13.4 Å². The van der Waals surface area contributed by atoms with E-state index in [9.17, 15) is 0 Å². The molecule has 0 aromatic heterocycles. The van der Waals surface area contributed by atoms with Crippen molar-refractivity contribution in [2.75, 3.05) is 0 Å². The molecule has 0 amide bonds. The van der Waals surface area contributed by atoms with Gasteiger partial charge in [0.05, 0.1) is 0 Å². The third-order valence-electron chi connectivity index (χ3n) is 7.77. The summed E-state index contributed by atoms with van der Waals surface area (Å²) in [6.45, 7) is 0.218. The average molecular weight is 838 g/mol. The highest BCUT2D eigenvalue weighted by Gasteiger charge is 2.41. The van der Waals surface area contributed by atoms with E-state index in [1.807, 2.05) is 0 Å². The summed E-state index contributed by atoms with van der Waals surface area (Å²) in [5.74, 6) is 0. The van der Waals surface area contributed by atoms with Crippen molar-refractivity contribution < 1.29 is 0 Å². The summed E-state index contributed by atoms with van der Waals surface area (Å²) in [6, 6.07) is 40.2. The molecule has 1 aliphatic heterocycles. The second kappa shape index (κ2) is 10.1. The Bertz CT molecular complexity index is 1750. The first-order valence-electron chi connectivity index (χ1n) is 12.5. The molecule has 7 rings (SSSR count). The van der Waals surface area contributed by atoms with Crippen molar-refractivity contribution >= 4 is 145 Å². The second-order valence-electron chi connectivity index (χ2n) is 9.72. The highest BCUT2D eigenvalue weighted by molar-refractivity contribution is 14.1. The maximum absolute atomic E-state index is 4.02. The van der Waals surface area contributed by atoms with Crippen molar-refractivity contribution in [2.24, 2.45) is 0 Å². The lowest BCUT2D eigenvalue weighted by Gasteiger charge is -2.34. The number of hydrogen-bond acceptors (Lipinski definition) is 0. The van der Waals surface area contributed by atoms with E-state index < -0.39 is 0 Å². The van der Waals surface area contributed by atoms with E-state index in [1.165, 1.54) is 61.5 Å². The molecule has 0 saturated carbocycles. The van der Waals surface area contributed by atoms with E-state index in [0.717, 1.165) is 8.95 Å². The van der Waals surface area contributed by atoms with Crippen LogP contribution < -0.4 is 32.8 Å². The predicted molar refractivity (Wildman–Crippen MR) is 191 cm³/mol. The summed E-state index contributed by atoms with van der Waals surface area (Å²) in [4.78, 5) is 0. The second-order valence-corrected chi connectivity index (χ2v) is 13.8. The van der Waals surface area contributed by atoms with Crippen molar-refractivity contribution in [2.45, 2.75) is 0 Å². The summed E-state index contributed by atoms with van der Waals surface area (Å²) in [7, 11) is 0. The molecule has 6 heteroatoms. The SMILES string of the molecule is Brc1cccc2c1B(c1cccc3cccc(I)c13)c1cccc(Br)c1B2c1cccc2cccc(I)c12. The number of rotatable bonds is 2. The maximum Gasteiger partial charge on any atom is 0.242 e. The molecule has 0 radical (unpaired) electrons. The number of benzene rings is 6. The van der Waals surface area contributed by atoms with Gasteiger partial charge in [0, 0.05) is 16.1 Å². The Morgan fingerprint density at radius 2 is 0.763 bits per heavy atom. The lowest BCUT2D eigenvalue weighted by molar-refractivity contribution is 1.67. The first-order chi connectivity index (χ1) is 18.5. The van der Waals surface area contributed by atoms with Crippen LogP contribution in [0.15, 0.2) is 118 Å².